The van der Waals surface area contributed by atoms with E-state index in [1.165, 1.54) is 4.68 Å². The molecule has 1 spiro atoms. The predicted molar refractivity (Wildman–Crippen MR) is 201 cm³/mol. The summed E-state index contributed by atoms with van der Waals surface area (Å²) in [7, 11) is -1.49. The minimum absolute atomic E-state index is 0.0611. The molecule has 0 saturated carbocycles. The molecule has 2 aliphatic heterocycles. The SMILES string of the molecule is COc1ccc2c(c1)[C@]1(O[C@@H](CC(=O)N(CCO)Cc3ccccc3)[C@H]([Si](C)(C)O)[C@H]1C)C(=O)N2Cc1cccc(-n2[nH]c3ccccc3c2=O)c1. The van der Waals surface area contributed by atoms with Crippen LogP contribution in [0.25, 0.3) is 16.6 Å². The van der Waals surface area contributed by atoms with Crippen LogP contribution in [0.2, 0.25) is 18.6 Å². The summed E-state index contributed by atoms with van der Waals surface area (Å²) >= 11 is 0. The van der Waals surface area contributed by atoms with Crippen LogP contribution in [0, 0.1) is 5.92 Å². The second-order valence-corrected chi connectivity index (χ2v) is 18.3. The molecule has 5 aromatic rings. The Morgan fingerprint density at radius 3 is 2.42 bits per heavy atom. The smallest absolute Gasteiger partial charge is 0.279 e. The number of nitrogens with one attached hydrogen (secondary N) is 1. The summed E-state index contributed by atoms with van der Waals surface area (Å²) in [5.74, 6) is -0.451. The van der Waals surface area contributed by atoms with Gasteiger partial charge in [-0.25, -0.2) is 4.68 Å². The summed E-state index contributed by atoms with van der Waals surface area (Å²) in [5, 5.41) is 13.6. The third-order valence-electron chi connectivity index (χ3n) is 10.6. The van der Waals surface area contributed by atoms with Crippen molar-refractivity contribution < 1.29 is 29.0 Å². The van der Waals surface area contributed by atoms with Gasteiger partial charge in [0.25, 0.3) is 11.5 Å². The van der Waals surface area contributed by atoms with E-state index in [0.717, 1.165) is 16.6 Å². The zero-order chi connectivity index (χ0) is 36.8. The highest BCUT2D eigenvalue weighted by molar-refractivity contribution is 6.71. The molecular formula is C40H44N4O7Si. The lowest BCUT2D eigenvalue weighted by Gasteiger charge is -2.32. The van der Waals surface area contributed by atoms with E-state index in [4.69, 9.17) is 9.47 Å². The van der Waals surface area contributed by atoms with E-state index in [1.807, 2.05) is 105 Å². The fraction of sp³-hybridized carbons (Fsp3) is 0.325. The molecule has 270 valence electrons. The van der Waals surface area contributed by atoms with Crippen molar-refractivity contribution in [3.8, 4) is 11.4 Å². The van der Waals surface area contributed by atoms with E-state index in [9.17, 15) is 19.5 Å². The molecule has 2 amide bonds. The van der Waals surface area contributed by atoms with Crippen molar-refractivity contribution in [3.63, 3.8) is 0 Å². The maximum atomic E-state index is 15.0. The topological polar surface area (TPSA) is 137 Å². The molecule has 1 fully saturated rings. The predicted octanol–water partition coefficient (Wildman–Crippen LogP) is 5.08. The average Bonchev–Trinajstić information content (AvgIpc) is 3.71. The second kappa shape index (κ2) is 13.8. The van der Waals surface area contributed by atoms with E-state index in [-0.39, 0.29) is 43.5 Å². The quantitative estimate of drug-likeness (QED) is 0.162. The molecule has 52 heavy (non-hydrogen) atoms. The minimum Gasteiger partial charge on any atom is -0.497 e. The van der Waals surface area contributed by atoms with E-state index in [1.54, 1.807) is 29.0 Å². The van der Waals surface area contributed by atoms with Crippen molar-refractivity contribution in [2.75, 3.05) is 25.2 Å². The summed E-state index contributed by atoms with van der Waals surface area (Å²) in [5.41, 5.74) is 2.24. The fourth-order valence-electron chi connectivity index (χ4n) is 8.28. The fourth-order valence-corrected chi connectivity index (χ4v) is 10.8. The first-order valence-electron chi connectivity index (χ1n) is 17.6. The number of methoxy groups -OCH3 is 1. The molecule has 4 aromatic carbocycles. The van der Waals surface area contributed by atoms with E-state index < -0.39 is 31.5 Å². The number of H-pyrrole nitrogens is 1. The van der Waals surface area contributed by atoms with Gasteiger partial charge in [-0.15, -0.1) is 0 Å². The van der Waals surface area contributed by atoms with Gasteiger partial charge in [0.15, 0.2) is 13.9 Å². The first kappa shape index (κ1) is 35.4. The van der Waals surface area contributed by atoms with Gasteiger partial charge in [0, 0.05) is 30.1 Å². The molecule has 0 bridgehead atoms. The molecule has 0 radical (unpaired) electrons. The Hall–Kier alpha value is -5.01. The number of aliphatic hydroxyl groups is 1. The lowest BCUT2D eigenvalue weighted by molar-refractivity contribution is -0.150. The third kappa shape index (κ3) is 6.15. The second-order valence-electron chi connectivity index (χ2n) is 14.3. The van der Waals surface area contributed by atoms with Crippen LogP contribution >= 0.6 is 0 Å². The molecule has 2 aliphatic rings. The summed E-state index contributed by atoms with van der Waals surface area (Å²) in [4.78, 5) is 57.3. The number of amides is 2. The van der Waals surface area contributed by atoms with Gasteiger partial charge >= 0.3 is 0 Å². The van der Waals surface area contributed by atoms with Gasteiger partial charge in [0.05, 0.1) is 55.1 Å². The van der Waals surface area contributed by atoms with Crippen LogP contribution in [0.1, 0.15) is 30.0 Å². The molecule has 0 aliphatic carbocycles. The summed E-state index contributed by atoms with van der Waals surface area (Å²) in [6.45, 7) is 6.02. The maximum absolute atomic E-state index is 15.0. The van der Waals surface area contributed by atoms with Crippen LogP contribution in [-0.2, 0) is 33.0 Å². The van der Waals surface area contributed by atoms with Gasteiger partial charge in [-0.1, -0.05) is 61.5 Å². The lowest BCUT2D eigenvalue weighted by atomic mass is 9.82. The molecule has 0 unspecified atom stereocenters. The number of benzene rings is 4. The highest BCUT2D eigenvalue weighted by Crippen LogP contribution is 2.60. The molecule has 7 rings (SSSR count). The van der Waals surface area contributed by atoms with Crippen molar-refractivity contribution >= 4 is 36.7 Å². The van der Waals surface area contributed by atoms with Crippen LogP contribution in [0.15, 0.2) is 102 Å². The zero-order valence-corrected chi connectivity index (χ0v) is 30.8. The van der Waals surface area contributed by atoms with Crippen molar-refractivity contribution in [3.05, 3.63) is 124 Å². The van der Waals surface area contributed by atoms with E-state index in [0.29, 0.717) is 34.6 Å². The summed E-state index contributed by atoms with van der Waals surface area (Å²) in [6.07, 6.45) is -0.819. The maximum Gasteiger partial charge on any atom is 0.279 e. The molecule has 3 heterocycles. The van der Waals surface area contributed by atoms with Crippen molar-refractivity contribution in [2.45, 2.75) is 56.8 Å². The number of anilines is 1. The van der Waals surface area contributed by atoms with Gasteiger partial charge in [-0.2, -0.15) is 0 Å². The van der Waals surface area contributed by atoms with Crippen LogP contribution in [0.4, 0.5) is 5.69 Å². The third-order valence-corrected chi connectivity index (χ3v) is 13.1. The van der Waals surface area contributed by atoms with Gasteiger partial charge < -0.3 is 29.2 Å². The van der Waals surface area contributed by atoms with Gasteiger partial charge in [0.2, 0.25) is 5.91 Å². The molecule has 12 heteroatoms. The molecule has 3 N–H and O–H groups in total. The van der Waals surface area contributed by atoms with Crippen LogP contribution < -0.4 is 15.2 Å². The van der Waals surface area contributed by atoms with Gasteiger partial charge in [-0.3, -0.25) is 19.5 Å². The van der Waals surface area contributed by atoms with E-state index >= 15 is 4.79 Å². The number of carbonyl (C=O) groups excluding carboxylic acids is 2. The number of ether oxygens (including phenoxy) is 2. The Morgan fingerprint density at radius 1 is 0.981 bits per heavy atom. The number of fused-ring (bicyclic) bond motifs is 3. The number of hydrogen-bond acceptors (Lipinski definition) is 7. The zero-order valence-electron chi connectivity index (χ0n) is 29.8. The highest BCUT2D eigenvalue weighted by Gasteiger charge is 2.66. The molecule has 11 nitrogen and oxygen atoms in total. The Bertz CT molecular complexity index is 2180. The van der Waals surface area contributed by atoms with E-state index in [2.05, 4.69) is 5.10 Å². The minimum atomic E-state index is -3.05. The number of carbonyl (C=O) groups is 2. The first-order chi connectivity index (χ1) is 25.0. The number of hydrogen-bond donors (Lipinski definition) is 3. The molecular weight excluding hydrogens is 677 g/mol. The van der Waals surface area contributed by atoms with Crippen LogP contribution in [0.3, 0.4) is 0 Å². The largest absolute Gasteiger partial charge is 0.497 e. The van der Waals surface area contributed by atoms with Crippen molar-refractivity contribution in [1.29, 1.82) is 0 Å². The number of nitrogens with zero attached hydrogens (tertiary/aromatic N) is 3. The summed E-state index contributed by atoms with van der Waals surface area (Å²) in [6, 6.07) is 29.9. The normalized spacial score (nSPS) is 21.2. The Kier molecular flexibility index (Phi) is 9.42. The number of aliphatic hydroxyl groups excluding tert-OH is 1. The Labute approximate surface area is 303 Å². The Morgan fingerprint density at radius 2 is 1.71 bits per heavy atom. The number of rotatable bonds is 11. The number of aromatic nitrogens is 2. The van der Waals surface area contributed by atoms with Crippen molar-refractivity contribution in [1.82, 2.24) is 14.7 Å². The van der Waals surface area contributed by atoms with Crippen LogP contribution in [-0.4, -0.2) is 71.1 Å². The lowest BCUT2D eigenvalue weighted by Crippen LogP contribution is -2.46. The average molecular weight is 721 g/mol. The standard InChI is InChI=1S/C40H44N4O7Si/c1-26-37(52(3,4)49)35(23-36(46)42(19-20-45)24-27-11-6-5-7-12-27)51-40(26)32-22-30(50-2)17-18-34(32)43(39(40)48)25-28-13-10-14-29(21-28)44-38(47)31-15-8-9-16-33(31)41-44/h5-18,21-22,26,35,37,41,45,49H,19-20,23-25H2,1-4H3/t26-,35+,37-,40+/m1/s1. The molecule has 1 aromatic heterocycles. The first-order valence-corrected chi connectivity index (χ1v) is 20.6. The number of aromatic amines is 1. The number of para-hydroxylation sites is 1. The summed E-state index contributed by atoms with van der Waals surface area (Å²) < 4.78 is 14.0. The van der Waals surface area contributed by atoms with Gasteiger partial charge in [0.1, 0.15) is 5.75 Å². The van der Waals surface area contributed by atoms with Crippen LogP contribution in [0.5, 0.6) is 5.75 Å². The van der Waals surface area contributed by atoms with Crippen molar-refractivity contribution in [2.24, 2.45) is 5.92 Å². The monoisotopic (exact) mass is 720 g/mol. The molecule has 4 atom stereocenters. The Balaban J connectivity index is 1.24. The van der Waals surface area contributed by atoms with Gasteiger partial charge in [-0.05, 0) is 66.7 Å². The molecule has 1 saturated heterocycles. The highest BCUT2D eigenvalue weighted by atomic mass is 28.4.